The molecule has 0 bridgehead atoms. The molecule has 0 spiro atoms. The highest BCUT2D eigenvalue weighted by molar-refractivity contribution is 7.91. The fraction of sp³-hybridized carbons (Fsp3) is 0.280. The van der Waals surface area contributed by atoms with Crippen LogP contribution in [-0.2, 0) is 35.3 Å². The van der Waals surface area contributed by atoms with Crippen LogP contribution in [0.1, 0.15) is 45.9 Å². The summed E-state index contributed by atoms with van der Waals surface area (Å²) in [5, 5.41) is 2.60. The molecule has 0 unspecified atom stereocenters. The number of rotatable bonds is 7. The number of nitrogens with zero attached hydrogens (tertiary/aromatic N) is 4. The number of amides is 1. The Morgan fingerprint density at radius 2 is 1.60 bits per heavy atom. The first kappa shape index (κ1) is 29.0. The summed E-state index contributed by atoms with van der Waals surface area (Å²) in [6, 6.07) is 10.2. The first-order valence-corrected chi connectivity index (χ1v) is 13.3. The van der Waals surface area contributed by atoms with Crippen LogP contribution in [0, 0.1) is 6.92 Å². The average molecular weight is 586 g/mol. The Hall–Kier alpha value is -4.01. The minimum Gasteiger partial charge on any atom is -0.348 e. The molecule has 1 amide bonds. The van der Waals surface area contributed by atoms with E-state index in [1.807, 2.05) is 0 Å². The molecule has 8 nitrogen and oxygen atoms in total. The summed E-state index contributed by atoms with van der Waals surface area (Å²) in [6.45, 7) is 2.05. The summed E-state index contributed by atoms with van der Waals surface area (Å²) in [5.41, 5.74) is -1.08. The van der Waals surface area contributed by atoms with E-state index in [1.54, 1.807) is 0 Å². The Labute approximate surface area is 224 Å². The van der Waals surface area contributed by atoms with Gasteiger partial charge in [0.05, 0.1) is 28.2 Å². The highest BCUT2D eigenvalue weighted by atomic mass is 32.2. The number of hydrogen-bond donors (Lipinski definition) is 1. The number of hydrogen-bond acceptors (Lipinski definition) is 6. The molecule has 0 aliphatic rings. The Morgan fingerprint density at radius 3 is 2.20 bits per heavy atom. The zero-order valence-corrected chi connectivity index (χ0v) is 21.7. The van der Waals surface area contributed by atoms with Crippen LogP contribution >= 0.6 is 0 Å². The van der Waals surface area contributed by atoms with Crippen LogP contribution in [0.3, 0.4) is 0 Å². The van der Waals surface area contributed by atoms with Gasteiger partial charge in [0.1, 0.15) is 11.5 Å². The number of carbonyl (C=O) groups excluding carboxylic acids is 1. The van der Waals surface area contributed by atoms with Crippen LogP contribution in [0.4, 0.5) is 26.3 Å². The standard InChI is InChI=1S/C25H21F6N5O3S/c1-3-40(38,39)17-7-4-15(5-8-17)12-32-22(37)16-6-9-19-18(11-16)34-23(25(29,30)31)36(19)13-21-33-14(2)10-20(35-21)24(26,27)28/h4-11H,3,12-13H2,1-2H3,(H,32,37). The lowest BCUT2D eigenvalue weighted by molar-refractivity contribution is -0.147. The molecule has 0 saturated heterocycles. The van der Waals surface area contributed by atoms with Crippen molar-refractivity contribution in [3.05, 3.63) is 82.7 Å². The van der Waals surface area contributed by atoms with Crippen LogP contribution in [0.2, 0.25) is 0 Å². The number of imidazole rings is 1. The van der Waals surface area contributed by atoms with E-state index in [2.05, 4.69) is 20.3 Å². The lowest BCUT2D eigenvalue weighted by Crippen LogP contribution is -2.22. The number of halogens is 6. The minimum atomic E-state index is -4.96. The van der Waals surface area contributed by atoms with Crippen molar-refractivity contribution >= 4 is 26.8 Å². The van der Waals surface area contributed by atoms with Crippen molar-refractivity contribution in [2.45, 2.75) is 44.2 Å². The number of alkyl halides is 6. The molecule has 0 saturated carbocycles. The number of sulfone groups is 1. The second kappa shape index (κ2) is 10.5. The lowest BCUT2D eigenvalue weighted by Gasteiger charge is -2.13. The Bertz CT molecular complexity index is 1680. The van der Waals surface area contributed by atoms with Gasteiger partial charge in [-0.3, -0.25) is 4.79 Å². The van der Waals surface area contributed by atoms with Crippen molar-refractivity contribution in [1.29, 1.82) is 0 Å². The molecule has 0 atom stereocenters. The van der Waals surface area contributed by atoms with E-state index in [1.165, 1.54) is 50.2 Å². The maximum Gasteiger partial charge on any atom is 0.449 e. The van der Waals surface area contributed by atoms with Crippen molar-refractivity contribution < 1.29 is 39.6 Å². The monoisotopic (exact) mass is 585 g/mol. The van der Waals surface area contributed by atoms with Gasteiger partial charge in [0.15, 0.2) is 9.84 Å². The van der Waals surface area contributed by atoms with Gasteiger partial charge in [0.25, 0.3) is 5.91 Å². The smallest absolute Gasteiger partial charge is 0.348 e. The zero-order valence-electron chi connectivity index (χ0n) is 20.9. The van der Waals surface area contributed by atoms with Crippen molar-refractivity contribution in [3.63, 3.8) is 0 Å². The molecule has 0 aliphatic heterocycles. The van der Waals surface area contributed by atoms with Crippen LogP contribution in [0.25, 0.3) is 11.0 Å². The second-order valence-electron chi connectivity index (χ2n) is 8.76. The number of benzene rings is 2. The lowest BCUT2D eigenvalue weighted by atomic mass is 10.1. The van der Waals surface area contributed by atoms with Gasteiger partial charge in [0, 0.05) is 17.8 Å². The highest BCUT2D eigenvalue weighted by Crippen LogP contribution is 2.33. The van der Waals surface area contributed by atoms with E-state index in [-0.39, 0.29) is 39.5 Å². The van der Waals surface area contributed by atoms with Crippen molar-refractivity contribution in [2.24, 2.45) is 0 Å². The molecule has 2 aromatic heterocycles. The number of aryl methyl sites for hydroxylation is 1. The molecule has 0 fully saturated rings. The molecule has 2 aromatic carbocycles. The predicted molar refractivity (Wildman–Crippen MR) is 131 cm³/mol. The normalized spacial score (nSPS) is 12.6. The number of carbonyl (C=O) groups is 1. The Balaban J connectivity index is 1.60. The quantitative estimate of drug-likeness (QED) is 0.308. The molecular formula is C25H21F6N5O3S. The first-order chi connectivity index (χ1) is 18.6. The minimum absolute atomic E-state index is 0.0117. The molecular weight excluding hydrogens is 564 g/mol. The molecule has 4 rings (SSSR count). The summed E-state index contributed by atoms with van der Waals surface area (Å²) in [6.07, 6.45) is -9.78. The van der Waals surface area contributed by atoms with E-state index in [0.29, 0.717) is 16.2 Å². The van der Waals surface area contributed by atoms with Gasteiger partial charge >= 0.3 is 12.4 Å². The third kappa shape index (κ3) is 6.24. The summed E-state index contributed by atoms with van der Waals surface area (Å²) in [4.78, 5) is 23.7. The molecule has 1 N–H and O–H groups in total. The molecule has 40 heavy (non-hydrogen) atoms. The third-order valence-electron chi connectivity index (χ3n) is 5.87. The number of aromatic nitrogens is 4. The zero-order chi connectivity index (χ0) is 29.5. The first-order valence-electron chi connectivity index (χ1n) is 11.7. The predicted octanol–water partition coefficient (Wildman–Crippen LogP) is 4.94. The van der Waals surface area contributed by atoms with E-state index >= 15 is 0 Å². The summed E-state index contributed by atoms with van der Waals surface area (Å²) in [7, 11) is -3.39. The Kier molecular flexibility index (Phi) is 7.62. The van der Waals surface area contributed by atoms with E-state index in [4.69, 9.17) is 0 Å². The van der Waals surface area contributed by atoms with Gasteiger partial charge in [0.2, 0.25) is 5.82 Å². The SMILES string of the molecule is CCS(=O)(=O)c1ccc(CNC(=O)c2ccc3c(c2)nc(C(F)(F)F)n3Cc2nc(C)cc(C(F)(F)F)n2)cc1. The number of nitrogens with one attached hydrogen (secondary N) is 1. The summed E-state index contributed by atoms with van der Waals surface area (Å²) >= 11 is 0. The molecule has 4 aromatic rings. The third-order valence-corrected chi connectivity index (χ3v) is 7.62. The Morgan fingerprint density at radius 1 is 0.925 bits per heavy atom. The maximum absolute atomic E-state index is 13.8. The molecule has 15 heteroatoms. The van der Waals surface area contributed by atoms with E-state index < -0.39 is 52.0 Å². The van der Waals surface area contributed by atoms with Crippen molar-refractivity contribution in [1.82, 2.24) is 24.8 Å². The van der Waals surface area contributed by atoms with Gasteiger partial charge in [-0.15, -0.1) is 0 Å². The fourth-order valence-corrected chi connectivity index (χ4v) is 4.78. The van der Waals surface area contributed by atoms with Gasteiger partial charge in [-0.25, -0.2) is 23.4 Å². The van der Waals surface area contributed by atoms with Gasteiger partial charge in [-0.2, -0.15) is 26.3 Å². The maximum atomic E-state index is 13.8. The number of fused-ring (bicyclic) bond motifs is 1. The van der Waals surface area contributed by atoms with Crippen LogP contribution < -0.4 is 5.32 Å². The molecule has 0 radical (unpaired) electrons. The summed E-state index contributed by atoms with van der Waals surface area (Å²) in [5.74, 6) is -2.58. The van der Waals surface area contributed by atoms with Crippen LogP contribution in [0.15, 0.2) is 53.4 Å². The van der Waals surface area contributed by atoms with Gasteiger partial charge in [-0.1, -0.05) is 19.1 Å². The van der Waals surface area contributed by atoms with E-state index in [0.717, 1.165) is 6.07 Å². The molecule has 0 aliphatic carbocycles. The van der Waals surface area contributed by atoms with Crippen molar-refractivity contribution in [2.75, 3.05) is 5.75 Å². The largest absolute Gasteiger partial charge is 0.449 e. The van der Waals surface area contributed by atoms with Crippen LogP contribution in [0.5, 0.6) is 0 Å². The fourth-order valence-electron chi connectivity index (χ4n) is 3.90. The topological polar surface area (TPSA) is 107 Å². The van der Waals surface area contributed by atoms with Crippen molar-refractivity contribution in [3.8, 4) is 0 Å². The van der Waals surface area contributed by atoms with Crippen LogP contribution in [-0.4, -0.2) is 39.6 Å². The van der Waals surface area contributed by atoms with E-state index in [9.17, 15) is 39.6 Å². The van der Waals surface area contributed by atoms with Gasteiger partial charge in [-0.05, 0) is 48.9 Å². The highest BCUT2D eigenvalue weighted by Gasteiger charge is 2.38. The van der Waals surface area contributed by atoms with Gasteiger partial charge < -0.3 is 9.88 Å². The average Bonchev–Trinajstić information content (AvgIpc) is 3.24. The summed E-state index contributed by atoms with van der Waals surface area (Å²) < 4.78 is 105. The molecule has 2 heterocycles. The molecule has 212 valence electrons. The second-order valence-corrected chi connectivity index (χ2v) is 11.0.